The Labute approximate surface area is 105 Å². The van der Waals surface area contributed by atoms with Gasteiger partial charge in [0.25, 0.3) is 0 Å². The maximum Gasteiger partial charge on any atom is 0.156 e. The molecule has 0 aliphatic carbocycles. The highest BCUT2D eigenvalue weighted by Gasteiger charge is 2.32. The number of carbonyl (C=O) groups is 2. The Morgan fingerprint density at radius 1 is 0.882 bits per heavy atom. The van der Waals surface area contributed by atoms with Gasteiger partial charge >= 0.3 is 0 Å². The molecule has 0 rings (SSSR count). The fourth-order valence-corrected chi connectivity index (χ4v) is 2.80. The van der Waals surface area contributed by atoms with Crippen LogP contribution in [0.2, 0.25) is 0 Å². The lowest BCUT2D eigenvalue weighted by molar-refractivity contribution is -0.117. The van der Waals surface area contributed by atoms with Gasteiger partial charge in [-0.15, -0.1) is 0 Å². The molecule has 0 unspecified atom stereocenters. The van der Waals surface area contributed by atoms with Crippen molar-refractivity contribution in [2.24, 2.45) is 5.41 Å². The summed E-state index contributed by atoms with van der Waals surface area (Å²) in [6, 6.07) is 0. The molecule has 0 aliphatic rings. The van der Waals surface area contributed by atoms with Crippen molar-refractivity contribution < 1.29 is 9.59 Å². The van der Waals surface area contributed by atoms with Crippen LogP contribution < -0.4 is 0 Å². The van der Waals surface area contributed by atoms with Gasteiger partial charge in [-0.05, 0) is 44.6 Å². The van der Waals surface area contributed by atoms with Crippen LogP contribution in [0.5, 0.6) is 0 Å². The number of hydrogen-bond donors (Lipinski definition) is 0. The van der Waals surface area contributed by atoms with Crippen molar-refractivity contribution in [1.82, 2.24) is 0 Å². The molecule has 2 nitrogen and oxygen atoms in total. The number of Topliss-reactive ketones (excluding diaryl/α,β-unsaturated/α-hetero) is 2. The minimum absolute atomic E-state index is 0.00799. The predicted octanol–water partition coefficient (Wildman–Crippen LogP) is 4.09. The topological polar surface area (TPSA) is 34.1 Å². The maximum absolute atomic E-state index is 11.9. The van der Waals surface area contributed by atoms with Crippen molar-refractivity contribution >= 4 is 11.6 Å². The highest BCUT2D eigenvalue weighted by molar-refractivity contribution is 6.05. The van der Waals surface area contributed by atoms with Crippen molar-refractivity contribution in [2.45, 2.75) is 67.2 Å². The van der Waals surface area contributed by atoms with Crippen LogP contribution in [0, 0.1) is 5.41 Å². The average Bonchev–Trinajstić information content (AvgIpc) is 2.17. The summed E-state index contributed by atoms with van der Waals surface area (Å²) in [6.45, 7) is 11.2. The molecule has 0 heterocycles. The molecule has 0 saturated carbocycles. The van der Waals surface area contributed by atoms with E-state index < -0.39 is 0 Å². The Bertz CT molecular complexity index is 318. The van der Waals surface area contributed by atoms with Gasteiger partial charge in [0.1, 0.15) is 0 Å². The highest BCUT2D eigenvalue weighted by Crippen LogP contribution is 2.39. The monoisotopic (exact) mass is 238 g/mol. The molecule has 0 N–H and O–H groups in total. The van der Waals surface area contributed by atoms with E-state index in [1.165, 1.54) is 6.92 Å². The fraction of sp³-hybridized carbons (Fsp3) is 0.733. The van der Waals surface area contributed by atoms with Crippen LogP contribution >= 0.6 is 0 Å². The van der Waals surface area contributed by atoms with Crippen molar-refractivity contribution in [3.8, 4) is 0 Å². The summed E-state index contributed by atoms with van der Waals surface area (Å²) in [7, 11) is 0. The quantitative estimate of drug-likeness (QED) is 0.626. The predicted molar refractivity (Wildman–Crippen MR) is 72.0 cm³/mol. The maximum atomic E-state index is 11.9. The van der Waals surface area contributed by atoms with Gasteiger partial charge in [-0.1, -0.05) is 33.6 Å². The summed E-state index contributed by atoms with van der Waals surface area (Å²) in [5.74, 6) is 0.0516. The highest BCUT2D eigenvalue weighted by atomic mass is 16.1. The van der Waals surface area contributed by atoms with Crippen molar-refractivity contribution in [3.63, 3.8) is 0 Å². The lowest BCUT2D eigenvalue weighted by atomic mass is 9.71. The van der Waals surface area contributed by atoms with Crippen LogP contribution in [0.4, 0.5) is 0 Å². The molecule has 0 aliphatic heterocycles. The van der Waals surface area contributed by atoms with Gasteiger partial charge < -0.3 is 0 Å². The molecule has 0 saturated heterocycles. The first-order valence-electron chi connectivity index (χ1n) is 6.53. The Hall–Kier alpha value is -0.920. The van der Waals surface area contributed by atoms with Crippen molar-refractivity contribution in [3.05, 3.63) is 11.1 Å². The largest absolute Gasteiger partial charge is 0.295 e. The second kappa shape index (κ2) is 6.73. The van der Waals surface area contributed by atoms with Crippen LogP contribution in [0.1, 0.15) is 67.2 Å². The Morgan fingerprint density at radius 2 is 1.29 bits per heavy atom. The third-order valence-electron chi connectivity index (χ3n) is 3.46. The molecule has 0 fully saturated rings. The first-order chi connectivity index (χ1) is 7.80. The lowest BCUT2D eigenvalue weighted by Crippen LogP contribution is -2.26. The van der Waals surface area contributed by atoms with Crippen LogP contribution in [0.3, 0.4) is 0 Å². The fourth-order valence-electron chi connectivity index (χ4n) is 2.80. The van der Waals surface area contributed by atoms with Gasteiger partial charge in [-0.3, -0.25) is 9.59 Å². The number of carbonyl (C=O) groups excluding carboxylic acids is 2. The zero-order chi connectivity index (χ0) is 13.6. The van der Waals surface area contributed by atoms with Gasteiger partial charge in [0.15, 0.2) is 11.6 Å². The molecule has 98 valence electrons. The minimum Gasteiger partial charge on any atom is -0.295 e. The Balaban J connectivity index is 5.63. The third-order valence-corrected chi connectivity index (χ3v) is 3.46. The molecule has 0 amide bonds. The summed E-state index contributed by atoms with van der Waals surface area (Å²) in [5.41, 5.74) is 1.24. The van der Waals surface area contributed by atoms with E-state index in [4.69, 9.17) is 0 Å². The standard InChI is InChI=1S/C15H26O2/c1-7-9-15(6,10-8-2)14(13(5)17)11(3)12(4)16/h7-10H2,1-6H3/b14-11-. The van der Waals surface area contributed by atoms with E-state index in [0.29, 0.717) is 5.57 Å². The number of rotatable bonds is 7. The second-order valence-corrected chi connectivity index (χ2v) is 5.17. The van der Waals surface area contributed by atoms with Crippen LogP contribution in [0.15, 0.2) is 11.1 Å². The normalized spacial score (nSPS) is 13.3. The molecule has 0 atom stereocenters. The van der Waals surface area contributed by atoms with E-state index in [9.17, 15) is 9.59 Å². The summed E-state index contributed by atoms with van der Waals surface area (Å²) >= 11 is 0. The number of ketones is 2. The van der Waals surface area contributed by atoms with E-state index >= 15 is 0 Å². The Kier molecular flexibility index (Phi) is 6.36. The summed E-state index contributed by atoms with van der Waals surface area (Å²) < 4.78 is 0. The first-order valence-corrected chi connectivity index (χ1v) is 6.53. The number of hydrogen-bond acceptors (Lipinski definition) is 2. The molecule has 17 heavy (non-hydrogen) atoms. The SMILES string of the molecule is CCCC(C)(CCC)/C(C(C)=O)=C(/C)C(C)=O. The zero-order valence-electron chi connectivity index (χ0n) is 12.1. The van der Waals surface area contributed by atoms with Crippen LogP contribution in [-0.2, 0) is 9.59 Å². The molecule has 0 bridgehead atoms. The van der Waals surface area contributed by atoms with Gasteiger partial charge in [0, 0.05) is 5.57 Å². The van der Waals surface area contributed by atoms with Gasteiger partial charge in [0.2, 0.25) is 0 Å². The molecule has 2 heteroatoms. The first kappa shape index (κ1) is 16.1. The molecule has 0 aromatic heterocycles. The van der Waals surface area contributed by atoms with E-state index in [-0.39, 0.29) is 17.0 Å². The molecule has 0 aromatic carbocycles. The van der Waals surface area contributed by atoms with E-state index in [2.05, 4.69) is 20.8 Å². The van der Waals surface area contributed by atoms with E-state index in [1.807, 2.05) is 0 Å². The molecule has 0 aromatic rings. The van der Waals surface area contributed by atoms with Crippen LogP contribution in [-0.4, -0.2) is 11.6 Å². The Morgan fingerprint density at radius 3 is 1.53 bits per heavy atom. The summed E-state index contributed by atoms with van der Waals surface area (Å²) in [4.78, 5) is 23.4. The molecule has 0 radical (unpaired) electrons. The molecule has 0 spiro atoms. The average molecular weight is 238 g/mol. The lowest BCUT2D eigenvalue weighted by Gasteiger charge is -2.32. The van der Waals surface area contributed by atoms with Crippen molar-refractivity contribution in [1.29, 1.82) is 0 Å². The van der Waals surface area contributed by atoms with E-state index in [1.54, 1.807) is 13.8 Å². The second-order valence-electron chi connectivity index (χ2n) is 5.17. The number of allylic oxidation sites excluding steroid dienone is 2. The minimum atomic E-state index is -0.148. The smallest absolute Gasteiger partial charge is 0.156 e. The van der Waals surface area contributed by atoms with Gasteiger partial charge in [-0.25, -0.2) is 0 Å². The van der Waals surface area contributed by atoms with Crippen LogP contribution in [0.25, 0.3) is 0 Å². The molecular weight excluding hydrogens is 212 g/mol. The van der Waals surface area contributed by atoms with Crippen molar-refractivity contribution in [2.75, 3.05) is 0 Å². The molecular formula is C15H26O2. The third kappa shape index (κ3) is 4.10. The van der Waals surface area contributed by atoms with Gasteiger partial charge in [-0.2, -0.15) is 0 Å². The van der Waals surface area contributed by atoms with Gasteiger partial charge in [0.05, 0.1) is 0 Å². The summed E-state index contributed by atoms with van der Waals surface area (Å²) in [6.07, 6.45) is 3.97. The zero-order valence-corrected chi connectivity index (χ0v) is 12.1. The summed E-state index contributed by atoms with van der Waals surface area (Å²) in [5, 5.41) is 0. The van der Waals surface area contributed by atoms with E-state index in [0.717, 1.165) is 31.3 Å².